The molecule has 5 nitrogen and oxygen atoms in total. The topological polar surface area (TPSA) is 42.3 Å². The molecule has 1 heterocycles. The van der Waals surface area contributed by atoms with Gasteiger partial charge in [0.2, 0.25) is 0 Å². The number of nitrogens with zero attached hydrogens (tertiary/aromatic N) is 3. The molecule has 2 atom stereocenters. The van der Waals surface area contributed by atoms with E-state index < -0.39 is 0 Å². The number of hydrogen-bond donors (Lipinski definition) is 1. The van der Waals surface area contributed by atoms with Crippen LogP contribution in [0.25, 0.3) is 0 Å². The van der Waals surface area contributed by atoms with Gasteiger partial charge in [0, 0.05) is 13.7 Å². The van der Waals surface area contributed by atoms with Gasteiger partial charge in [-0.1, -0.05) is 13.8 Å². The van der Waals surface area contributed by atoms with Crippen molar-refractivity contribution in [3.63, 3.8) is 0 Å². The summed E-state index contributed by atoms with van der Waals surface area (Å²) in [5.74, 6) is 0.418. The summed E-state index contributed by atoms with van der Waals surface area (Å²) >= 11 is 3.62. The molecule has 6 heteroatoms. The van der Waals surface area contributed by atoms with Crippen LogP contribution in [-0.4, -0.2) is 55.6 Å². The normalized spacial score (nSPS) is 15.1. The molecule has 0 aliphatic carbocycles. The van der Waals surface area contributed by atoms with Gasteiger partial charge in [0.15, 0.2) is 0 Å². The Balaban J connectivity index is 3.04. The Kier molecular flexibility index (Phi) is 7.15. The van der Waals surface area contributed by atoms with Gasteiger partial charge in [-0.2, -0.15) is 5.10 Å². The molecule has 0 aliphatic heterocycles. The van der Waals surface area contributed by atoms with Crippen LogP contribution in [-0.2, 0) is 11.3 Å². The van der Waals surface area contributed by atoms with Gasteiger partial charge in [0.25, 0.3) is 0 Å². The third kappa shape index (κ3) is 4.28. The minimum atomic E-state index is 0.103. The number of aromatic nitrogens is 2. The van der Waals surface area contributed by atoms with Crippen molar-refractivity contribution in [3.8, 4) is 0 Å². The van der Waals surface area contributed by atoms with E-state index >= 15 is 0 Å². The van der Waals surface area contributed by atoms with E-state index in [-0.39, 0.29) is 12.1 Å². The first kappa shape index (κ1) is 17.6. The molecular formula is C14H27BrN4O. The summed E-state index contributed by atoms with van der Waals surface area (Å²) in [4.78, 5) is 2.16. The minimum Gasteiger partial charge on any atom is -0.379 e. The largest absolute Gasteiger partial charge is 0.379 e. The fraction of sp³-hybridized carbons (Fsp3) is 0.786. The first-order valence-corrected chi connectivity index (χ1v) is 7.77. The maximum absolute atomic E-state index is 5.69. The lowest BCUT2D eigenvalue weighted by atomic mass is 9.97. The van der Waals surface area contributed by atoms with E-state index in [1.54, 1.807) is 7.11 Å². The lowest BCUT2D eigenvalue weighted by Crippen LogP contribution is -2.37. The monoisotopic (exact) mass is 346 g/mol. The van der Waals surface area contributed by atoms with E-state index in [1.807, 2.05) is 13.2 Å². The van der Waals surface area contributed by atoms with Crippen molar-refractivity contribution in [2.24, 2.45) is 5.92 Å². The Bertz CT molecular complexity index is 406. The lowest BCUT2D eigenvalue weighted by Gasteiger charge is -2.30. The van der Waals surface area contributed by atoms with Crippen LogP contribution in [0.1, 0.15) is 25.6 Å². The Morgan fingerprint density at radius 3 is 2.55 bits per heavy atom. The van der Waals surface area contributed by atoms with Crippen molar-refractivity contribution >= 4 is 15.9 Å². The molecule has 20 heavy (non-hydrogen) atoms. The summed E-state index contributed by atoms with van der Waals surface area (Å²) in [6, 6.07) is 0.110. The predicted octanol–water partition coefficient (Wildman–Crippen LogP) is 2.14. The van der Waals surface area contributed by atoms with Gasteiger partial charge in [-0.05, 0) is 43.0 Å². The van der Waals surface area contributed by atoms with E-state index in [2.05, 4.69) is 63.9 Å². The summed E-state index contributed by atoms with van der Waals surface area (Å²) in [6.45, 7) is 6.16. The summed E-state index contributed by atoms with van der Waals surface area (Å²) in [7, 11) is 7.87. The molecule has 0 spiro atoms. The van der Waals surface area contributed by atoms with Crippen molar-refractivity contribution in [1.82, 2.24) is 20.0 Å². The lowest BCUT2D eigenvalue weighted by molar-refractivity contribution is 0.0320. The van der Waals surface area contributed by atoms with E-state index in [4.69, 9.17) is 4.74 Å². The van der Waals surface area contributed by atoms with Crippen LogP contribution >= 0.6 is 15.9 Å². The molecule has 0 bridgehead atoms. The molecule has 0 amide bonds. The number of likely N-dealkylation sites (N-methyl/N-ethyl adjacent to an activating group) is 2. The third-order valence-corrected chi connectivity index (χ3v) is 4.07. The highest BCUT2D eigenvalue weighted by Crippen LogP contribution is 2.29. The van der Waals surface area contributed by atoms with Crippen LogP contribution in [0.15, 0.2) is 10.7 Å². The number of hydrogen-bond acceptors (Lipinski definition) is 4. The Morgan fingerprint density at radius 2 is 2.10 bits per heavy atom. The quantitative estimate of drug-likeness (QED) is 0.782. The maximum atomic E-state index is 5.69. The summed E-state index contributed by atoms with van der Waals surface area (Å²) < 4.78 is 8.77. The molecule has 0 fully saturated rings. The summed E-state index contributed by atoms with van der Waals surface area (Å²) in [5.41, 5.74) is 1.15. The average Bonchev–Trinajstić information content (AvgIpc) is 2.74. The van der Waals surface area contributed by atoms with Crippen molar-refractivity contribution in [2.75, 3.05) is 34.8 Å². The van der Waals surface area contributed by atoms with E-state index in [0.717, 1.165) is 23.3 Å². The molecule has 0 saturated heterocycles. The molecule has 1 N–H and O–H groups in total. The SMILES string of the molecule is CNC(c1c(Br)cnn1CCN(C)C)C(OC)C(C)C. The van der Waals surface area contributed by atoms with E-state index in [1.165, 1.54) is 0 Å². The second-order valence-electron chi connectivity index (χ2n) is 5.61. The van der Waals surface area contributed by atoms with E-state index in [9.17, 15) is 0 Å². The first-order valence-electron chi connectivity index (χ1n) is 6.98. The number of ether oxygens (including phenoxy) is 1. The van der Waals surface area contributed by atoms with Gasteiger partial charge < -0.3 is 15.0 Å². The fourth-order valence-corrected chi connectivity index (χ4v) is 2.95. The highest BCUT2D eigenvalue weighted by Gasteiger charge is 2.29. The minimum absolute atomic E-state index is 0.103. The number of nitrogens with one attached hydrogen (secondary N) is 1. The molecule has 0 radical (unpaired) electrons. The first-order chi connectivity index (χ1) is 9.42. The number of methoxy groups -OCH3 is 1. The summed E-state index contributed by atoms with van der Waals surface area (Å²) in [6.07, 6.45) is 1.97. The Hall–Kier alpha value is -0.430. The molecule has 1 aromatic heterocycles. The van der Waals surface area contributed by atoms with Crippen molar-refractivity contribution < 1.29 is 4.74 Å². The second kappa shape index (κ2) is 8.12. The molecule has 0 aromatic carbocycles. The third-order valence-electron chi connectivity index (χ3n) is 3.46. The van der Waals surface area contributed by atoms with Crippen LogP contribution < -0.4 is 5.32 Å². The standard InChI is InChI=1S/C14H27BrN4O/c1-10(2)14(20-6)12(16-3)13-11(15)9-17-19(13)8-7-18(4)5/h9-10,12,14,16H,7-8H2,1-6H3. The van der Waals surface area contributed by atoms with Crippen LogP contribution in [0.2, 0.25) is 0 Å². The van der Waals surface area contributed by atoms with Gasteiger partial charge in [-0.3, -0.25) is 4.68 Å². The zero-order valence-corrected chi connectivity index (χ0v) is 14.9. The van der Waals surface area contributed by atoms with Gasteiger partial charge in [-0.15, -0.1) is 0 Å². The Morgan fingerprint density at radius 1 is 1.45 bits per heavy atom. The molecule has 116 valence electrons. The van der Waals surface area contributed by atoms with Crippen LogP contribution in [0.3, 0.4) is 0 Å². The smallest absolute Gasteiger partial charge is 0.0804 e. The highest BCUT2D eigenvalue weighted by molar-refractivity contribution is 9.10. The number of halogens is 1. The van der Waals surface area contributed by atoms with Crippen LogP contribution in [0.4, 0.5) is 0 Å². The molecule has 1 rings (SSSR count). The van der Waals surface area contributed by atoms with Gasteiger partial charge in [0.05, 0.1) is 35.1 Å². The summed E-state index contributed by atoms with van der Waals surface area (Å²) in [5, 5.41) is 7.86. The van der Waals surface area contributed by atoms with Gasteiger partial charge in [-0.25, -0.2) is 0 Å². The van der Waals surface area contributed by atoms with Crippen LogP contribution in [0.5, 0.6) is 0 Å². The fourth-order valence-electron chi connectivity index (χ4n) is 2.40. The zero-order valence-electron chi connectivity index (χ0n) is 13.4. The van der Waals surface area contributed by atoms with Crippen LogP contribution in [0, 0.1) is 5.92 Å². The zero-order chi connectivity index (χ0) is 15.3. The predicted molar refractivity (Wildman–Crippen MR) is 85.9 cm³/mol. The molecule has 0 saturated carbocycles. The Labute approximate surface area is 130 Å². The number of rotatable bonds is 8. The van der Waals surface area contributed by atoms with Crippen molar-refractivity contribution in [3.05, 3.63) is 16.4 Å². The average molecular weight is 347 g/mol. The van der Waals surface area contributed by atoms with Crippen molar-refractivity contribution in [2.45, 2.75) is 32.5 Å². The highest BCUT2D eigenvalue weighted by atomic mass is 79.9. The van der Waals surface area contributed by atoms with E-state index in [0.29, 0.717) is 5.92 Å². The van der Waals surface area contributed by atoms with Gasteiger partial charge in [0.1, 0.15) is 0 Å². The molecular weight excluding hydrogens is 320 g/mol. The maximum Gasteiger partial charge on any atom is 0.0804 e. The molecule has 2 unspecified atom stereocenters. The second-order valence-corrected chi connectivity index (χ2v) is 6.47. The van der Waals surface area contributed by atoms with Crippen molar-refractivity contribution in [1.29, 1.82) is 0 Å². The van der Waals surface area contributed by atoms with Gasteiger partial charge >= 0.3 is 0 Å². The molecule has 1 aromatic rings. The molecule has 0 aliphatic rings.